The van der Waals surface area contributed by atoms with E-state index in [0.717, 1.165) is 34.2 Å². The van der Waals surface area contributed by atoms with E-state index in [0.29, 0.717) is 11.3 Å². The summed E-state index contributed by atoms with van der Waals surface area (Å²) in [5, 5.41) is 13.2. The van der Waals surface area contributed by atoms with Gasteiger partial charge in [-0.3, -0.25) is 29.9 Å². The molecule has 2 aromatic heterocycles. The number of hydrogen-bond acceptors (Lipinski definition) is 7. The van der Waals surface area contributed by atoms with Crippen LogP contribution in [0.3, 0.4) is 0 Å². The molecule has 1 aliphatic heterocycles. The minimum absolute atomic E-state index is 0.130. The van der Waals surface area contributed by atoms with Gasteiger partial charge in [-0.1, -0.05) is 6.07 Å². The maximum atomic E-state index is 13.8. The molecular formula is C28H20FN5O5S. The summed E-state index contributed by atoms with van der Waals surface area (Å²) in [6.07, 6.45) is 2.61. The third-order valence-electron chi connectivity index (χ3n) is 6.19. The number of carbonyl (C=O) groups excluding carboxylic acids is 2. The molecule has 2 aromatic carbocycles. The third kappa shape index (κ3) is 5.07. The quantitative estimate of drug-likeness (QED) is 0.114. The van der Waals surface area contributed by atoms with Crippen LogP contribution in [0.15, 0.2) is 78.5 Å². The molecule has 1 aliphatic rings. The van der Waals surface area contributed by atoms with Crippen LogP contribution in [-0.4, -0.2) is 31.4 Å². The highest BCUT2D eigenvalue weighted by atomic mass is 32.1. The van der Waals surface area contributed by atoms with Gasteiger partial charge in [0, 0.05) is 29.2 Å². The number of aryl methyl sites for hydroxylation is 1. The number of hydrogen-bond donors (Lipinski definition) is 1. The summed E-state index contributed by atoms with van der Waals surface area (Å²) in [5.41, 5.74) is 2.97. The SMILES string of the molecule is Cc1cc(/C=C2/C(=O)NC(=S)N(c3cccc(F)c3)C2=O)c(C)n1-c1ccc(Oc2ccc([N+](=O)[O-])cn2)cc1. The molecule has 40 heavy (non-hydrogen) atoms. The number of anilines is 1. The average Bonchev–Trinajstić information content (AvgIpc) is 3.19. The summed E-state index contributed by atoms with van der Waals surface area (Å²) in [6.45, 7) is 3.74. The minimum Gasteiger partial charge on any atom is -0.439 e. The van der Waals surface area contributed by atoms with Crippen molar-refractivity contribution in [1.29, 1.82) is 0 Å². The topological polar surface area (TPSA) is 120 Å². The van der Waals surface area contributed by atoms with Crippen molar-refractivity contribution in [1.82, 2.24) is 14.9 Å². The molecule has 0 aliphatic carbocycles. The van der Waals surface area contributed by atoms with Gasteiger partial charge in [0.15, 0.2) is 5.11 Å². The van der Waals surface area contributed by atoms with E-state index in [4.69, 9.17) is 17.0 Å². The predicted molar refractivity (Wildman–Crippen MR) is 149 cm³/mol. The van der Waals surface area contributed by atoms with E-state index in [-0.39, 0.29) is 27.9 Å². The van der Waals surface area contributed by atoms with Crippen molar-refractivity contribution in [2.45, 2.75) is 13.8 Å². The van der Waals surface area contributed by atoms with Gasteiger partial charge in [-0.2, -0.15) is 0 Å². The fraction of sp³-hybridized carbons (Fsp3) is 0.0714. The summed E-state index contributed by atoms with van der Waals surface area (Å²) in [4.78, 5) is 41.3. The van der Waals surface area contributed by atoms with E-state index in [9.17, 15) is 24.1 Å². The van der Waals surface area contributed by atoms with Crippen LogP contribution in [0.2, 0.25) is 0 Å². The molecule has 2 amide bonds. The maximum absolute atomic E-state index is 13.8. The molecule has 3 heterocycles. The first kappa shape index (κ1) is 26.4. The summed E-state index contributed by atoms with van der Waals surface area (Å²) in [5.74, 6) is -1.16. The van der Waals surface area contributed by atoms with Crippen LogP contribution in [0.5, 0.6) is 11.6 Å². The first-order valence-corrected chi connectivity index (χ1v) is 12.3. The number of ether oxygens (including phenoxy) is 1. The van der Waals surface area contributed by atoms with Gasteiger partial charge < -0.3 is 9.30 Å². The van der Waals surface area contributed by atoms with Crippen LogP contribution in [0.4, 0.5) is 15.8 Å². The molecule has 10 nitrogen and oxygen atoms in total. The predicted octanol–water partition coefficient (Wildman–Crippen LogP) is 5.16. The van der Waals surface area contributed by atoms with Gasteiger partial charge in [0.2, 0.25) is 5.88 Å². The van der Waals surface area contributed by atoms with Crippen LogP contribution < -0.4 is 15.0 Å². The fourth-order valence-corrected chi connectivity index (χ4v) is 4.60. The van der Waals surface area contributed by atoms with Crippen molar-refractivity contribution in [2.75, 3.05) is 4.90 Å². The highest BCUT2D eigenvalue weighted by Gasteiger charge is 2.35. The van der Waals surface area contributed by atoms with Gasteiger partial charge in [-0.05, 0) is 86.2 Å². The van der Waals surface area contributed by atoms with E-state index in [1.54, 1.807) is 12.1 Å². The highest BCUT2D eigenvalue weighted by Crippen LogP contribution is 2.28. The molecule has 1 N–H and O–H groups in total. The molecule has 12 heteroatoms. The van der Waals surface area contributed by atoms with Crippen molar-refractivity contribution in [3.63, 3.8) is 0 Å². The average molecular weight is 558 g/mol. The molecular weight excluding hydrogens is 537 g/mol. The zero-order valence-electron chi connectivity index (χ0n) is 21.1. The first-order chi connectivity index (χ1) is 19.1. The van der Waals surface area contributed by atoms with Crippen LogP contribution in [0, 0.1) is 29.8 Å². The Hall–Kier alpha value is -5.23. The number of nitrogens with one attached hydrogen (secondary N) is 1. The molecule has 0 radical (unpaired) electrons. The normalized spacial score (nSPS) is 14.4. The number of thiocarbonyl (C=S) groups is 1. The van der Waals surface area contributed by atoms with Crippen LogP contribution in [0.1, 0.15) is 17.0 Å². The Morgan fingerprint density at radius 2 is 1.80 bits per heavy atom. The van der Waals surface area contributed by atoms with E-state index in [1.165, 1.54) is 36.4 Å². The van der Waals surface area contributed by atoms with Crippen LogP contribution >= 0.6 is 12.2 Å². The van der Waals surface area contributed by atoms with E-state index >= 15 is 0 Å². The third-order valence-corrected chi connectivity index (χ3v) is 6.47. The zero-order chi connectivity index (χ0) is 28.6. The minimum atomic E-state index is -0.662. The van der Waals surface area contributed by atoms with Crippen LogP contribution in [-0.2, 0) is 9.59 Å². The highest BCUT2D eigenvalue weighted by molar-refractivity contribution is 7.80. The molecule has 200 valence electrons. The monoisotopic (exact) mass is 557 g/mol. The zero-order valence-corrected chi connectivity index (χ0v) is 21.9. The molecule has 1 saturated heterocycles. The number of halogens is 1. The molecule has 0 spiro atoms. The van der Waals surface area contributed by atoms with Gasteiger partial charge in [-0.25, -0.2) is 9.37 Å². The number of aromatic nitrogens is 2. The number of rotatable bonds is 6. The van der Waals surface area contributed by atoms with Crippen LogP contribution in [0.25, 0.3) is 11.8 Å². The van der Waals surface area contributed by atoms with Gasteiger partial charge in [-0.15, -0.1) is 0 Å². The lowest BCUT2D eigenvalue weighted by molar-refractivity contribution is -0.385. The molecule has 1 fully saturated rings. The Kier molecular flexibility index (Phi) is 6.92. The van der Waals surface area contributed by atoms with Gasteiger partial charge in [0.1, 0.15) is 23.3 Å². The van der Waals surface area contributed by atoms with E-state index in [2.05, 4.69) is 10.3 Å². The first-order valence-electron chi connectivity index (χ1n) is 11.9. The summed E-state index contributed by atoms with van der Waals surface area (Å²) in [7, 11) is 0. The van der Waals surface area contributed by atoms with Gasteiger partial charge in [0.25, 0.3) is 17.5 Å². The van der Waals surface area contributed by atoms with Gasteiger partial charge >= 0.3 is 0 Å². The van der Waals surface area contributed by atoms with Gasteiger partial charge in [0.05, 0.1) is 10.6 Å². The lowest BCUT2D eigenvalue weighted by Crippen LogP contribution is -2.54. The van der Waals surface area contributed by atoms with Crippen molar-refractivity contribution in [3.8, 4) is 17.3 Å². The number of nitro groups is 1. The van der Waals surface area contributed by atoms with Crippen molar-refractivity contribution < 1.29 is 23.6 Å². The number of carbonyl (C=O) groups is 2. The Morgan fingerprint density at radius 1 is 1.05 bits per heavy atom. The summed E-state index contributed by atoms with van der Waals surface area (Å²) in [6, 6.07) is 17.0. The smallest absolute Gasteiger partial charge is 0.287 e. The van der Waals surface area contributed by atoms with Crippen molar-refractivity contribution in [3.05, 3.63) is 111 Å². The molecule has 0 unspecified atom stereocenters. The second-order valence-electron chi connectivity index (χ2n) is 8.81. The summed E-state index contributed by atoms with van der Waals surface area (Å²) < 4.78 is 21.4. The Labute approximate surface area is 232 Å². The Balaban J connectivity index is 1.41. The molecule has 0 saturated carbocycles. The number of pyridine rings is 1. The Morgan fingerprint density at radius 3 is 2.45 bits per heavy atom. The molecule has 5 rings (SSSR count). The second kappa shape index (κ2) is 10.5. The summed E-state index contributed by atoms with van der Waals surface area (Å²) >= 11 is 5.18. The van der Waals surface area contributed by atoms with Crippen molar-refractivity contribution in [2.24, 2.45) is 0 Å². The maximum Gasteiger partial charge on any atom is 0.287 e. The number of amides is 2. The second-order valence-corrected chi connectivity index (χ2v) is 9.19. The molecule has 4 aromatic rings. The molecule has 0 atom stereocenters. The molecule has 0 bridgehead atoms. The van der Waals surface area contributed by atoms with E-state index < -0.39 is 22.6 Å². The lowest BCUT2D eigenvalue weighted by atomic mass is 10.1. The number of nitrogens with zero attached hydrogens (tertiary/aromatic N) is 4. The largest absolute Gasteiger partial charge is 0.439 e. The van der Waals surface area contributed by atoms with E-state index in [1.807, 2.05) is 36.6 Å². The number of benzene rings is 2. The standard InChI is InChI=1S/C28H20FN5O5S/c1-16-12-18(13-24-26(35)31-28(40)33(27(24)36)21-5-3-4-19(29)14-21)17(2)32(16)20-6-9-23(10-7-20)39-25-11-8-22(15-30-25)34(37)38/h3-15H,1-2H3,(H,31,35,40)/b24-13-. The fourth-order valence-electron chi connectivity index (χ4n) is 4.32. The lowest BCUT2D eigenvalue weighted by Gasteiger charge is -2.28. The van der Waals surface area contributed by atoms with Crippen molar-refractivity contribution >= 4 is 46.6 Å². The Bertz CT molecular complexity index is 1710.